The van der Waals surface area contributed by atoms with E-state index in [0.29, 0.717) is 29.4 Å². The van der Waals surface area contributed by atoms with Crippen LogP contribution in [0, 0.1) is 0 Å². The van der Waals surface area contributed by atoms with Gasteiger partial charge in [0.05, 0.1) is 13.3 Å². The molecule has 2 N–H and O–H groups in total. The SMILES string of the molecule is CCc1ccc(NC(=O)C(=O)N/N=C/c2ccc(OCc3ccccc3)c(OC)c2)cc1. The monoisotopic (exact) mass is 431 g/mol. The van der Waals surface area contributed by atoms with E-state index in [4.69, 9.17) is 9.47 Å². The molecule has 0 saturated carbocycles. The summed E-state index contributed by atoms with van der Waals surface area (Å²) in [5.74, 6) is -0.542. The van der Waals surface area contributed by atoms with Crippen LogP contribution in [0.15, 0.2) is 77.9 Å². The van der Waals surface area contributed by atoms with E-state index in [0.717, 1.165) is 17.5 Å². The largest absolute Gasteiger partial charge is 0.493 e. The summed E-state index contributed by atoms with van der Waals surface area (Å²) in [6.07, 6.45) is 2.32. The predicted molar refractivity (Wildman–Crippen MR) is 124 cm³/mol. The van der Waals surface area contributed by atoms with E-state index in [1.165, 1.54) is 6.21 Å². The van der Waals surface area contributed by atoms with Crippen LogP contribution in [0.4, 0.5) is 5.69 Å². The Labute approximate surface area is 187 Å². The van der Waals surface area contributed by atoms with Gasteiger partial charge in [-0.2, -0.15) is 5.10 Å². The van der Waals surface area contributed by atoms with Crippen LogP contribution in [-0.2, 0) is 22.6 Å². The van der Waals surface area contributed by atoms with Gasteiger partial charge >= 0.3 is 11.8 Å². The third-order valence-electron chi connectivity index (χ3n) is 4.63. The molecule has 0 saturated heterocycles. The van der Waals surface area contributed by atoms with E-state index in [1.807, 2.05) is 49.4 Å². The van der Waals surface area contributed by atoms with Gasteiger partial charge in [0, 0.05) is 5.69 Å². The second-order valence-electron chi connectivity index (χ2n) is 6.89. The maximum Gasteiger partial charge on any atom is 0.329 e. The minimum absolute atomic E-state index is 0.414. The fourth-order valence-electron chi connectivity index (χ4n) is 2.85. The average Bonchev–Trinajstić information content (AvgIpc) is 2.84. The molecule has 0 aromatic heterocycles. The van der Waals surface area contributed by atoms with E-state index in [9.17, 15) is 9.59 Å². The van der Waals surface area contributed by atoms with Crippen molar-refractivity contribution in [2.24, 2.45) is 5.10 Å². The molecule has 0 spiro atoms. The van der Waals surface area contributed by atoms with Crippen molar-refractivity contribution in [2.45, 2.75) is 20.0 Å². The first-order valence-corrected chi connectivity index (χ1v) is 10.2. The van der Waals surface area contributed by atoms with Crippen LogP contribution < -0.4 is 20.2 Å². The standard InChI is InChI=1S/C25H25N3O4/c1-3-18-9-12-21(13-10-18)27-24(29)25(30)28-26-16-20-11-14-22(23(15-20)31-2)32-17-19-7-5-4-6-8-19/h4-16H,3,17H2,1-2H3,(H,27,29)(H,28,30)/b26-16+. The summed E-state index contributed by atoms with van der Waals surface area (Å²) in [6.45, 7) is 2.46. The van der Waals surface area contributed by atoms with Crippen LogP contribution in [0.1, 0.15) is 23.6 Å². The molecule has 3 aromatic rings. The molecule has 0 unspecified atom stereocenters. The lowest BCUT2D eigenvalue weighted by Gasteiger charge is -2.11. The summed E-state index contributed by atoms with van der Waals surface area (Å²) in [5, 5.41) is 6.38. The third kappa shape index (κ3) is 6.43. The Bertz CT molecular complexity index is 1080. The maximum atomic E-state index is 12.0. The minimum atomic E-state index is -0.865. The van der Waals surface area contributed by atoms with Gasteiger partial charge < -0.3 is 14.8 Å². The van der Waals surface area contributed by atoms with E-state index in [-0.39, 0.29) is 0 Å². The molecule has 0 heterocycles. The lowest BCUT2D eigenvalue weighted by molar-refractivity contribution is -0.136. The first kappa shape index (κ1) is 22.6. The molecule has 0 bridgehead atoms. The van der Waals surface area contributed by atoms with Gasteiger partial charge in [-0.25, -0.2) is 5.43 Å². The van der Waals surface area contributed by atoms with Crippen molar-refractivity contribution in [1.82, 2.24) is 5.43 Å². The molecule has 0 atom stereocenters. The number of methoxy groups -OCH3 is 1. The van der Waals surface area contributed by atoms with Crippen molar-refractivity contribution in [1.29, 1.82) is 0 Å². The van der Waals surface area contributed by atoms with Crippen molar-refractivity contribution < 1.29 is 19.1 Å². The summed E-state index contributed by atoms with van der Waals surface area (Å²) in [4.78, 5) is 24.0. The first-order valence-electron chi connectivity index (χ1n) is 10.2. The number of ether oxygens (including phenoxy) is 2. The number of hydrogen-bond acceptors (Lipinski definition) is 5. The summed E-state index contributed by atoms with van der Waals surface area (Å²) < 4.78 is 11.2. The molecule has 0 fully saturated rings. The molecular formula is C25H25N3O4. The highest BCUT2D eigenvalue weighted by molar-refractivity contribution is 6.39. The van der Waals surface area contributed by atoms with Gasteiger partial charge in [0.15, 0.2) is 11.5 Å². The molecule has 0 aliphatic heterocycles. The van der Waals surface area contributed by atoms with Crippen LogP contribution in [0.25, 0.3) is 0 Å². The summed E-state index contributed by atoms with van der Waals surface area (Å²) in [6, 6.07) is 22.4. The van der Waals surface area contributed by atoms with E-state index >= 15 is 0 Å². The van der Waals surface area contributed by atoms with Gasteiger partial charge in [-0.15, -0.1) is 0 Å². The van der Waals surface area contributed by atoms with Crippen molar-refractivity contribution in [3.63, 3.8) is 0 Å². The second-order valence-corrected chi connectivity index (χ2v) is 6.89. The van der Waals surface area contributed by atoms with Crippen molar-refractivity contribution >= 4 is 23.7 Å². The van der Waals surface area contributed by atoms with Crippen LogP contribution in [-0.4, -0.2) is 25.1 Å². The quantitative estimate of drug-likeness (QED) is 0.321. The maximum absolute atomic E-state index is 12.0. The van der Waals surface area contributed by atoms with E-state index < -0.39 is 11.8 Å². The van der Waals surface area contributed by atoms with Gasteiger partial charge in [0.2, 0.25) is 0 Å². The number of carbonyl (C=O) groups is 2. The first-order chi connectivity index (χ1) is 15.6. The van der Waals surface area contributed by atoms with Crippen LogP contribution >= 0.6 is 0 Å². The molecule has 32 heavy (non-hydrogen) atoms. The molecular weight excluding hydrogens is 406 g/mol. The fraction of sp³-hybridized carbons (Fsp3) is 0.160. The zero-order chi connectivity index (χ0) is 22.8. The van der Waals surface area contributed by atoms with Gasteiger partial charge in [0.25, 0.3) is 0 Å². The number of hydrogen-bond donors (Lipinski definition) is 2. The topological polar surface area (TPSA) is 89.0 Å². The van der Waals surface area contributed by atoms with Crippen molar-refractivity contribution in [2.75, 3.05) is 12.4 Å². The molecule has 2 amide bonds. The highest BCUT2D eigenvalue weighted by atomic mass is 16.5. The Morgan fingerprint density at radius 2 is 1.66 bits per heavy atom. The average molecular weight is 431 g/mol. The molecule has 164 valence electrons. The number of aryl methyl sites for hydroxylation is 1. The van der Waals surface area contributed by atoms with Gasteiger partial charge in [-0.1, -0.05) is 49.4 Å². The predicted octanol–water partition coefficient (Wildman–Crippen LogP) is 3.93. The van der Waals surface area contributed by atoms with Crippen LogP contribution in [0.3, 0.4) is 0 Å². The molecule has 7 heteroatoms. The zero-order valence-corrected chi connectivity index (χ0v) is 18.0. The minimum Gasteiger partial charge on any atom is -0.493 e. The third-order valence-corrected chi connectivity index (χ3v) is 4.63. The number of nitrogens with zero attached hydrogens (tertiary/aromatic N) is 1. The highest BCUT2D eigenvalue weighted by Gasteiger charge is 2.13. The molecule has 0 radical (unpaired) electrons. The Hall–Kier alpha value is -4.13. The zero-order valence-electron chi connectivity index (χ0n) is 18.0. The Morgan fingerprint density at radius 3 is 2.34 bits per heavy atom. The Morgan fingerprint density at radius 1 is 0.906 bits per heavy atom. The number of amides is 2. The lowest BCUT2D eigenvalue weighted by atomic mass is 10.1. The van der Waals surface area contributed by atoms with Crippen LogP contribution in [0.5, 0.6) is 11.5 Å². The summed E-state index contributed by atoms with van der Waals surface area (Å²) >= 11 is 0. The van der Waals surface area contributed by atoms with Crippen molar-refractivity contribution in [3.05, 3.63) is 89.5 Å². The van der Waals surface area contributed by atoms with E-state index in [2.05, 4.69) is 15.8 Å². The van der Waals surface area contributed by atoms with Crippen molar-refractivity contribution in [3.8, 4) is 11.5 Å². The number of rotatable bonds is 8. The normalized spacial score (nSPS) is 10.6. The molecule has 0 aliphatic rings. The smallest absolute Gasteiger partial charge is 0.329 e. The number of nitrogens with one attached hydrogen (secondary N) is 2. The van der Waals surface area contributed by atoms with Gasteiger partial charge in [0.1, 0.15) is 6.61 Å². The van der Waals surface area contributed by atoms with Gasteiger partial charge in [-0.05, 0) is 53.4 Å². The number of carbonyl (C=O) groups excluding carboxylic acids is 2. The highest BCUT2D eigenvalue weighted by Crippen LogP contribution is 2.28. The molecule has 3 rings (SSSR count). The molecule has 3 aromatic carbocycles. The molecule has 0 aliphatic carbocycles. The number of benzene rings is 3. The van der Waals surface area contributed by atoms with E-state index in [1.54, 1.807) is 37.4 Å². The Balaban J connectivity index is 1.54. The summed E-state index contributed by atoms with van der Waals surface area (Å²) in [7, 11) is 1.55. The second kappa shape index (κ2) is 11.3. The molecule has 7 nitrogen and oxygen atoms in total. The summed E-state index contributed by atoms with van der Waals surface area (Å²) in [5.41, 5.74) is 5.62. The number of anilines is 1. The lowest BCUT2D eigenvalue weighted by Crippen LogP contribution is -2.32. The van der Waals surface area contributed by atoms with Crippen LogP contribution in [0.2, 0.25) is 0 Å². The number of hydrazone groups is 1. The van der Waals surface area contributed by atoms with Gasteiger partial charge in [-0.3, -0.25) is 9.59 Å². The fourth-order valence-corrected chi connectivity index (χ4v) is 2.85. The Kier molecular flexibility index (Phi) is 7.97.